The average Bonchev–Trinajstić information content (AvgIpc) is 2.34. The number of hydrogen-bond acceptors (Lipinski definition) is 4. The van der Waals surface area contributed by atoms with Crippen molar-refractivity contribution in [2.45, 2.75) is 39.5 Å². The molecule has 0 saturated heterocycles. The molecule has 17 heavy (non-hydrogen) atoms. The quantitative estimate of drug-likeness (QED) is 0.840. The van der Waals surface area contributed by atoms with Crippen molar-refractivity contribution in [2.75, 3.05) is 23.7 Å². The minimum atomic E-state index is 0.507. The first kappa shape index (κ1) is 14.2. The van der Waals surface area contributed by atoms with E-state index < -0.39 is 0 Å². The van der Waals surface area contributed by atoms with Crippen molar-refractivity contribution >= 4 is 27.6 Å². The molecule has 0 fully saturated rings. The molecule has 0 aliphatic carbocycles. The molecule has 0 aliphatic rings. The Labute approximate surface area is 112 Å². The van der Waals surface area contributed by atoms with Gasteiger partial charge >= 0.3 is 0 Å². The Morgan fingerprint density at radius 2 is 1.76 bits per heavy atom. The van der Waals surface area contributed by atoms with Crippen LogP contribution in [0.3, 0.4) is 0 Å². The van der Waals surface area contributed by atoms with Crippen LogP contribution >= 0.6 is 15.9 Å². The first-order valence-corrected chi connectivity index (χ1v) is 7.00. The molecule has 1 aromatic heterocycles. The van der Waals surface area contributed by atoms with Gasteiger partial charge in [-0.2, -0.15) is 0 Å². The van der Waals surface area contributed by atoms with E-state index in [9.17, 15) is 0 Å². The molecule has 4 nitrogen and oxygen atoms in total. The van der Waals surface area contributed by atoms with Gasteiger partial charge in [-0.1, -0.05) is 26.7 Å². The van der Waals surface area contributed by atoms with Gasteiger partial charge < -0.3 is 10.6 Å². The van der Waals surface area contributed by atoms with Crippen molar-refractivity contribution in [3.63, 3.8) is 0 Å². The minimum Gasteiger partial charge on any atom is -0.383 e. The SMILES string of the molecule is CCCCN(CCCC)c1ncnc(N)c1Br. The van der Waals surface area contributed by atoms with Crippen molar-refractivity contribution in [1.82, 2.24) is 9.97 Å². The second-order valence-electron chi connectivity index (χ2n) is 4.09. The van der Waals surface area contributed by atoms with E-state index in [-0.39, 0.29) is 0 Å². The van der Waals surface area contributed by atoms with Crippen LogP contribution in [0, 0.1) is 0 Å². The summed E-state index contributed by atoms with van der Waals surface area (Å²) in [4.78, 5) is 10.6. The van der Waals surface area contributed by atoms with Crippen molar-refractivity contribution in [2.24, 2.45) is 0 Å². The molecule has 1 heterocycles. The second-order valence-corrected chi connectivity index (χ2v) is 4.88. The van der Waals surface area contributed by atoms with Crippen LogP contribution in [-0.2, 0) is 0 Å². The summed E-state index contributed by atoms with van der Waals surface area (Å²) in [6.07, 6.45) is 6.22. The normalized spacial score (nSPS) is 10.5. The Kier molecular flexibility index (Phi) is 6.26. The summed E-state index contributed by atoms with van der Waals surface area (Å²) in [6.45, 7) is 6.43. The molecule has 0 bridgehead atoms. The van der Waals surface area contributed by atoms with E-state index in [0.29, 0.717) is 5.82 Å². The molecule has 0 amide bonds. The maximum atomic E-state index is 5.79. The molecule has 5 heteroatoms. The van der Waals surface area contributed by atoms with E-state index >= 15 is 0 Å². The third-order valence-electron chi connectivity index (χ3n) is 2.66. The van der Waals surface area contributed by atoms with Crippen LogP contribution < -0.4 is 10.6 Å². The summed E-state index contributed by atoms with van der Waals surface area (Å²) < 4.78 is 0.812. The minimum absolute atomic E-state index is 0.507. The zero-order chi connectivity index (χ0) is 12.7. The maximum Gasteiger partial charge on any atom is 0.148 e. The largest absolute Gasteiger partial charge is 0.383 e. The van der Waals surface area contributed by atoms with Crippen LogP contribution in [0.4, 0.5) is 11.6 Å². The average molecular weight is 301 g/mol. The smallest absolute Gasteiger partial charge is 0.148 e. The molecule has 2 N–H and O–H groups in total. The van der Waals surface area contributed by atoms with Crippen LogP contribution in [0.2, 0.25) is 0 Å². The van der Waals surface area contributed by atoms with E-state index in [1.165, 1.54) is 32.0 Å². The van der Waals surface area contributed by atoms with Gasteiger partial charge in [0.2, 0.25) is 0 Å². The summed E-state index contributed by atoms with van der Waals surface area (Å²) >= 11 is 3.47. The number of hydrogen-bond donors (Lipinski definition) is 1. The first-order valence-electron chi connectivity index (χ1n) is 6.21. The molecular weight excluding hydrogens is 280 g/mol. The molecule has 0 atom stereocenters. The zero-order valence-corrected chi connectivity index (χ0v) is 12.2. The molecular formula is C12H21BrN4. The van der Waals surface area contributed by atoms with Crippen molar-refractivity contribution < 1.29 is 0 Å². The number of halogens is 1. The van der Waals surface area contributed by atoms with Crippen LogP contribution in [0.5, 0.6) is 0 Å². The highest BCUT2D eigenvalue weighted by Crippen LogP contribution is 2.27. The van der Waals surface area contributed by atoms with E-state index in [1.807, 2.05) is 0 Å². The molecule has 1 rings (SSSR count). The van der Waals surface area contributed by atoms with E-state index in [0.717, 1.165) is 23.4 Å². The molecule has 0 saturated carbocycles. The van der Waals surface area contributed by atoms with Gasteiger partial charge in [0, 0.05) is 13.1 Å². The molecule has 0 aliphatic heterocycles. The molecule has 96 valence electrons. The number of aromatic nitrogens is 2. The summed E-state index contributed by atoms with van der Waals surface area (Å²) in [6, 6.07) is 0. The Balaban J connectivity index is 2.83. The Bertz CT molecular complexity index is 335. The number of nitrogens with zero attached hydrogens (tertiary/aromatic N) is 3. The monoisotopic (exact) mass is 300 g/mol. The second kappa shape index (κ2) is 7.48. The van der Waals surface area contributed by atoms with Crippen molar-refractivity contribution in [3.05, 3.63) is 10.8 Å². The third-order valence-corrected chi connectivity index (χ3v) is 3.42. The molecule has 0 spiro atoms. The van der Waals surface area contributed by atoms with E-state index in [4.69, 9.17) is 5.73 Å². The van der Waals surface area contributed by atoms with E-state index in [1.54, 1.807) is 0 Å². The van der Waals surface area contributed by atoms with Gasteiger partial charge in [0.05, 0.1) is 0 Å². The predicted octanol–water partition coefficient (Wildman–Crippen LogP) is 3.23. The van der Waals surface area contributed by atoms with Gasteiger partial charge in [-0.15, -0.1) is 0 Å². The lowest BCUT2D eigenvalue weighted by Crippen LogP contribution is -2.27. The molecule has 0 aromatic carbocycles. The molecule has 0 unspecified atom stereocenters. The van der Waals surface area contributed by atoms with Gasteiger partial charge in [-0.25, -0.2) is 9.97 Å². The van der Waals surface area contributed by atoms with Crippen molar-refractivity contribution in [3.8, 4) is 0 Å². The topological polar surface area (TPSA) is 55.0 Å². The zero-order valence-electron chi connectivity index (χ0n) is 10.6. The third kappa shape index (κ3) is 4.15. The number of nitrogens with two attached hydrogens (primary N) is 1. The van der Waals surface area contributed by atoms with Gasteiger partial charge in [0.15, 0.2) is 0 Å². The lowest BCUT2D eigenvalue weighted by Gasteiger charge is -2.24. The number of rotatable bonds is 7. The number of anilines is 2. The fourth-order valence-electron chi connectivity index (χ4n) is 1.62. The summed E-state index contributed by atoms with van der Waals surface area (Å²) in [5.74, 6) is 1.42. The maximum absolute atomic E-state index is 5.79. The highest BCUT2D eigenvalue weighted by Gasteiger charge is 2.13. The van der Waals surface area contributed by atoms with Gasteiger partial charge in [0.25, 0.3) is 0 Å². The lowest BCUT2D eigenvalue weighted by molar-refractivity contribution is 0.669. The van der Waals surface area contributed by atoms with Crippen LogP contribution in [0.15, 0.2) is 10.8 Å². The Morgan fingerprint density at radius 3 is 2.29 bits per heavy atom. The fourth-order valence-corrected chi connectivity index (χ4v) is 2.07. The van der Waals surface area contributed by atoms with Crippen LogP contribution in [-0.4, -0.2) is 23.1 Å². The number of nitrogen functional groups attached to an aromatic ring is 1. The van der Waals surface area contributed by atoms with Crippen LogP contribution in [0.1, 0.15) is 39.5 Å². The first-order chi connectivity index (χ1) is 8.20. The summed E-state index contributed by atoms with van der Waals surface area (Å²) in [5, 5.41) is 0. The summed E-state index contributed by atoms with van der Waals surface area (Å²) in [7, 11) is 0. The highest BCUT2D eigenvalue weighted by molar-refractivity contribution is 9.10. The lowest BCUT2D eigenvalue weighted by atomic mass is 10.2. The molecule has 0 radical (unpaired) electrons. The Hall–Kier alpha value is -0.840. The van der Waals surface area contributed by atoms with Gasteiger partial charge in [0.1, 0.15) is 22.4 Å². The Morgan fingerprint density at radius 1 is 1.18 bits per heavy atom. The predicted molar refractivity (Wildman–Crippen MR) is 76.2 cm³/mol. The van der Waals surface area contributed by atoms with Crippen molar-refractivity contribution in [1.29, 1.82) is 0 Å². The van der Waals surface area contributed by atoms with Crippen LogP contribution in [0.25, 0.3) is 0 Å². The van der Waals surface area contributed by atoms with Gasteiger partial charge in [-0.05, 0) is 28.8 Å². The van der Waals surface area contributed by atoms with E-state index in [2.05, 4.69) is 44.6 Å². The standard InChI is InChI=1S/C12H21BrN4/c1-3-5-7-17(8-6-4-2)12-10(13)11(14)15-9-16-12/h9H,3-8H2,1-2H3,(H2,14,15,16). The number of unbranched alkanes of at least 4 members (excludes halogenated alkanes) is 2. The summed E-state index contributed by atoms with van der Waals surface area (Å²) in [5.41, 5.74) is 5.79. The molecule has 1 aromatic rings. The van der Waals surface area contributed by atoms with Gasteiger partial charge in [-0.3, -0.25) is 0 Å². The fraction of sp³-hybridized carbons (Fsp3) is 0.667. The highest BCUT2D eigenvalue weighted by atomic mass is 79.9.